The Kier molecular flexibility index (Phi) is 4.42. The molecule has 4 heteroatoms. The first-order valence-electron chi connectivity index (χ1n) is 5.85. The zero-order valence-corrected chi connectivity index (χ0v) is 11.0. The number of rotatable bonds is 3. The molecule has 17 heavy (non-hydrogen) atoms. The van der Waals surface area contributed by atoms with Crippen LogP contribution >= 0.6 is 11.8 Å². The molecule has 0 saturated carbocycles. The SMILES string of the molecule is CNC(c1cc(C)ccc1F)C1CSCCO1. The maximum Gasteiger partial charge on any atom is 0.128 e. The molecule has 1 N–H and O–H groups in total. The molecule has 0 spiro atoms. The minimum Gasteiger partial charge on any atom is -0.375 e. The molecule has 2 nitrogen and oxygen atoms in total. The number of thioether (sulfide) groups is 1. The first-order valence-corrected chi connectivity index (χ1v) is 7.00. The highest BCUT2D eigenvalue weighted by Gasteiger charge is 2.27. The van der Waals surface area contributed by atoms with Crippen molar-refractivity contribution >= 4 is 11.8 Å². The van der Waals surface area contributed by atoms with E-state index in [9.17, 15) is 4.39 Å². The van der Waals surface area contributed by atoms with Gasteiger partial charge in [-0.2, -0.15) is 11.8 Å². The third kappa shape index (κ3) is 3.00. The first kappa shape index (κ1) is 12.9. The molecule has 0 aliphatic carbocycles. The van der Waals surface area contributed by atoms with Gasteiger partial charge in [-0.15, -0.1) is 0 Å². The van der Waals surface area contributed by atoms with E-state index < -0.39 is 0 Å². The molecule has 2 atom stereocenters. The van der Waals surface area contributed by atoms with Gasteiger partial charge in [0.1, 0.15) is 5.82 Å². The maximum absolute atomic E-state index is 13.9. The van der Waals surface area contributed by atoms with E-state index in [4.69, 9.17) is 4.74 Å². The highest BCUT2D eigenvalue weighted by atomic mass is 32.2. The van der Waals surface area contributed by atoms with Crippen LogP contribution in [0.2, 0.25) is 0 Å². The predicted octanol–water partition coefficient (Wildman–Crippen LogP) is 2.53. The number of hydrogen-bond donors (Lipinski definition) is 1. The van der Waals surface area contributed by atoms with Gasteiger partial charge in [0.2, 0.25) is 0 Å². The molecule has 1 aliphatic heterocycles. The lowest BCUT2D eigenvalue weighted by molar-refractivity contribution is 0.0479. The summed E-state index contributed by atoms with van der Waals surface area (Å²) in [5.41, 5.74) is 1.78. The number of ether oxygens (including phenoxy) is 1. The highest BCUT2D eigenvalue weighted by molar-refractivity contribution is 7.99. The number of aryl methyl sites for hydroxylation is 1. The summed E-state index contributed by atoms with van der Waals surface area (Å²) in [5.74, 6) is 1.79. The van der Waals surface area contributed by atoms with Crippen LogP contribution < -0.4 is 5.32 Å². The van der Waals surface area contributed by atoms with Crippen molar-refractivity contribution in [2.45, 2.75) is 19.1 Å². The molecule has 1 aliphatic rings. The van der Waals surface area contributed by atoms with E-state index in [1.165, 1.54) is 6.07 Å². The predicted molar refractivity (Wildman–Crippen MR) is 70.0 cm³/mol. The van der Waals surface area contributed by atoms with Crippen molar-refractivity contribution in [2.24, 2.45) is 0 Å². The van der Waals surface area contributed by atoms with Crippen LogP contribution in [-0.2, 0) is 4.74 Å². The summed E-state index contributed by atoms with van der Waals surface area (Å²) < 4.78 is 19.6. The molecule has 0 radical (unpaired) electrons. The van der Waals surface area contributed by atoms with E-state index in [0.717, 1.165) is 23.7 Å². The van der Waals surface area contributed by atoms with Crippen LogP contribution in [0.5, 0.6) is 0 Å². The summed E-state index contributed by atoms with van der Waals surface area (Å²) >= 11 is 1.86. The molecular formula is C13H18FNOS. The average Bonchev–Trinajstić information content (AvgIpc) is 2.36. The fourth-order valence-electron chi connectivity index (χ4n) is 2.14. The first-order chi connectivity index (χ1) is 8.22. The van der Waals surface area contributed by atoms with Crippen LogP contribution in [0, 0.1) is 12.7 Å². The van der Waals surface area contributed by atoms with Crippen LogP contribution in [-0.4, -0.2) is 31.3 Å². The summed E-state index contributed by atoms with van der Waals surface area (Å²) in [7, 11) is 1.86. The Labute approximate surface area is 106 Å². The largest absolute Gasteiger partial charge is 0.375 e. The molecule has 1 heterocycles. The molecule has 2 unspecified atom stereocenters. The van der Waals surface area contributed by atoms with Crippen LogP contribution in [0.3, 0.4) is 0 Å². The van der Waals surface area contributed by atoms with Crippen molar-refractivity contribution in [3.05, 3.63) is 35.1 Å². The van der Waals surface area contributed by atoms with E-state index in [1.807, 2.05) is 31.8 Å². The second-order valence-corrected chi connectivity index (χ2v) is 5.43. The lowest BCUT2D eigenvalue weighted by Crippen LogP contribution is -2.37. The normalized spacial score (nSPS) is 22.4. The second kappa shape index (κ2) is 5.85. The quantitative estimate of drug-likeness (QED) is 0.897. The van der Waals surface area contributed by atoms with Gasteiger partial charge in [0, 0.05) is 17.1 Å². The van der Waals surface area contributed by atoms with E-state index in [1.54, 1.807) is 6.07 Å². The second-order valence-electron chi connectivity index (χ2n) is 4.28. The Balaban J connectivity index is 2.24. The molecule has 0 bridgehead atoms. The monoisotopic (exact) mass is 255 g/mol. The van der Waals surface area contributed by atoms with Crippen molar-refractivity contribution in [3.63, 3.8) is 0 Å². The molecule has 94 valence electrons. The van der Waals surface area contributed by atoms with Crippen molar-refractivity contribution in [1.29, 1.82) is 0 Å². The molecule has 1 aromatic carbocycles. The molecule has 2 rings (SSSR count). The van der Waals surface area contributed by atoms with Gasteiger partial charge in [-0.05, 0) is 20.0 Å². The Bertz CT molecular complexity index is 380. The van der Waals surface area contributed by atoms with Gasteiger partial charge in [-0.25, -0.2) is 4.39 Å². The maximum atomic E-state index is 13.9. The van der Waals surface area contributed by atoms with Crippen molar-refractivity contribution in [2.75, 3.05) is 25.2 Å². The summed E-state index contributed by atoms with van der Waals surface area (Å²) in [6.45, 7) is 2.73. The fraction of sp³-hybridized carbons (Fsp3) is 0.538. The smallest absolute Gasteiger partial charge is 0.128 e. The number of hydrogen-bond acceptors (Lipinski definition) is 3. The van der Waals surface area contributed by atoms with E-state index in [-0.39, 0.29) is 18.0 Å². The number of halogens is 1. The molecule has 1 aromatic rings. The Morgan fingerprint density at radius 3 is 3.00 bits per heavy atom. The lowest BCUT2D eigenvalue weighted by Gasteiger charge is -2.30. The minimum absolute atomic E-state index is 0.0510. The van der Waals surface area contributed by atoms with Gasteiger partial charge < -0.3 is 10.1 Å². The third-order valence-corrected chi connectivity index (χ3v) is 4.03. The molecule has 0 aromatic heterocycles. The molecular weight excluding hydrogens is 237 g/mol. The number of nitrogens with one attached hydrogen (secondary N) is 1. The minimum atomic E-state index is -0.158. The summed E-state index contributed by atoms with van der Waals surface area (Å²) in [4.78, 5) is 0. The Hall–Kier alpha value is -0.580. The summed E-state index contributed by atoms with van der Waals surface area (Å²) in [5, 5.41) is 3.18. The van der Waals surface area contributed by atoms with E-state index in [2.05, 4.69) is 5.32 Å². The van der Waals surface area contributed by atoms with Gasteiger partial charge in [-0.1, -0.05) is 17.7 Å². The van der Waals surface area contributed by atoms with Crippen LogP contribution in [0.4, 0.5) is 4.39 Å². The van der Waals surface area contributed by atoms with E-state index >= 15 is 0 Å². The number of likely N-dealkylation sites (N-methyl/N-ethyl adjacent to an activating group) is 1. The van der Waals surface area contributed by atoms with Gasteiger partial charge in [-0.3, -0.25) is 0 Å². The Morgan fingerprint density at radius 1 is 1.53 bits per heavy atom. The molecule has 1 saturated heterocycles. The van der Waals surface area contributed by atoms with Crippen molar-refractivity contribution < 1.29 is 9.13 Å². The average molecular weight is 255 g/mol. The van der Waals surface area contributed by atoms with Crippen molar-refractivity contribution in [1.82, 2.24) is 5.32 Å². The highest BCUT2D eigenvalue weighted by Crippen LogP contribution is 2.27. The fourth-order valence-corrected chi connectivity index (χ4v) is 3.04. The lowest BCUT2D eigenvalue weighted by atomic mass is 9.99. The van der Waals surface area contributed by atoms with Crippen molar-refractivity contribution in [3.8, 4) is 0 Å². The Morgan fingerprint density at radius 2 is 2.35 bits per heavy atom. The van der Waals surface area contributed by atoms with Gasteiger partial charge in [0.05, 0.1) is 18.8 Å². The van der Waals surface area contributed by atoms with Crippen LogP contribution in [0.15, 0.2) is 18.2 Å². The third-order valence-electron chi connectivity index (χ3n) is 3.01. The van der Waals surface area contributed by atoms with E-state index in [0.29, 0.717) is 5.56 Å². The zero-order valence-electron chi connectivity index (χ0n) is 10.2. The zero-order chi connectivity index (χ0) is 12.3. The summed E-state index contributed by atoms with van der Waals surface area (Å²) in [6, 6.07) is 5.16. The van der Waals surface area contributed by atoms with Crippen LogP contribution in [0.25, 0.3) is 0 Å². The molecule has 0 amide bonds. The van der Waals surface area contributed by atoms with Gasteiger partial charge in [0.25, 0.3) is 0 Å². The van der Waals surface area contributed by atoms with Gasteiger partial charge in [0.15, 0.2) is 0 Å². The standard InChI is InChI=1S/C13H18FNOS/c1-9-3-4-11(14)10(7-9)13(15-2)12-8-17-6-5-16-12/h3-4,7,12-13,15H,5-6,8H2,1-2H3. The van der Waals surface area contributed by atoms with Gasteiger partial charge >= 0.3 is 0 Å². The molecule has 1 fully saturated rings. The summed E-state index contributed by atoms with van der Waals surface area (Å²) in [6.07, 6.45) is 0.0510. The number of benzene rings is 1. The topological polar surface area (TPSA) is 21.3 Å². The van der Waals surface area contributed by atoms with Crippen LogP contribution in [0.1, 0.15) is 17.2 Å².